The number of aryl methyl sites for hydroxylation is 2. The van der Waals surface area contributed by atoms with Crippen LogP contribution in [0.4, 0.5) is 0 Å². The number of thiophene rings is 1. The lowest BCUT2D eigenvalue weighted by Gasteiger charge is -2.38. The van der Waals surface area contributed by atoms with Gasteiger partial charge in [-0.05, 0) is 68.3 Å². The van der Waals surface area contributed by atoms with Crippen molar-refractivity contribution in [2.75, 3.05) is 13.1 Å². The number of amides is 2. The van der Waals surface area contributed by atoms with Crippen LogP contribution in [0.3, 0.4) is 0 Å². The van der Waals surface area contributed by atoms with E-state index in [0.717, 1.165) is 17.5 Å². The van der Waals surface area contributed by atoms with Gasteiger partial charge in [-0.3, -0.25) is 9.59 Å². The van der Waals surface area contributed by atoms with Gasteiger partial charge in [0.05, 0.1) is 6.04 Å². The molecule has 32 heavy (non-hydrogen) atoms. The van der Waals surface area contributed by atoms with Crippen LogP contribution in [0.25, 0.3) is 0 Å². The van der Waals surface area contributed by atoms with E-state index in [1.165, 1.54) is 16.0 Å². The summed E-state index contributed by atoms with van der Waals surface area (Å²) in [6.45, 7) is 8.68. The lowest BCUT2D eigenvalue weighted by molar-refractivity contribution is -0.134. The number of fused-ring (bicyclic) bond motifs is 1. The number of hydrogen-bond donors (Lipinski definition) is 0. The summed E-state index contributed by atoms with van der Waals surface area (Å²) >= 11 is 1.76. The summed E-state index contributed by atoms with van der Waals surface area (Å²) in [6.07, 6.45) is 0.856. The smallest absolute Gasteiger partial charge is 0.254 e. The number of carbonyl (C=O) groups is 2. The van der Waals surface area contributed by atoms with Crippen LogP contribution in [-0.4, -0.2) is 40.7 Å². The molecular weight excluding hydrogens is 416 g/mol. The molecule has 0 aliphatic carbocycles. The van der Waals surface area contributed by atoms with Crippen LogP contribution in [0.2, 0.25) is 0 Å². The van der Waals surface area contributed by atoms with Gasteiger partial charge in [-0.2, -0.15) is 0 Å². The first-order valence-corrected chi connectivity index (χ1v) is 12.0. The van der Waals surface area contributed by atoms with Crippen LogP contribution < -0.4 is 0 Å². The highest BCUT2D eigenvalue weighted by Crippen LogP contribution is 2.38. The third-order valence-corrected chi connectivity index (χ3v) is 7.24. The average molecular weight is 447 g/mol. The van der Waals surface area contributed by atoms with Crippen molar-refractivity contribution < 1.29 is 9.59 Å². The summed E-state index contributed by atoms with van der Waals surface area (Å²) in [4.78, 5) is 32.0. The molecule has 0 radical (unpaired) electrons. The predicted octanol–water partition coefficient (Wildman–Crippen LogP) is 5.39. The van der Waals surface area contributed by atoms with Crippen LogP contribution in [0.15, 0.2) is 60.0 Å². The van der Waals surface area contributed by atoms with Crippen molar-refractivity contribution in [1.29, 1.82) is 0 Å². The van der Waals surface area contributed by atoms with Crippen molar-refractivity contribution in [3.63, 3.8) is 0 Å². The van der Waals surface area contributed by atoms with Crippen molar-refractivity contribution in [2.24, 2.45) is 0 Å². The zero-order valence-electron chi connectivity index (χ0n) is 19.2. The minimum atomic E-state index is -0.110. The second-order valence-corrected chi connectivity index (χ2v) is 9.79. The molecule has 2 heterocycles. The van der Waals surface area contributed by atoms with Gasteiger partial charge in [0.15, 0.2) is 0 Å². The lowest BCUT2D eigenvalue weighted by atomic mass is 9.92. The van der Waals surface area contributed by atoms with Gasteiger partial charge in [-0.15, -0.1) is 11.3 Å². The van der Waals surface area contributed by atoms with E-state index in [1.54, 1.807) is 16.2 Å². The fraction of sp³-hybridized carbons (Fsp3) is 0.333. The molecular formula is C27H30N2O2S. The number of benzene rings is 2. The third-order valence-electron chi connectivity index (χ3n) is 6.24. The highest BCUT2D eigenvalue weighted by Gasteiger charge is 2.34. The summed E-state index contributed by atoms with van der Waals surface area (Å²) in [6, 6.07) is 18.0. The molecule has 0 saturated carbocycles. The van der Waals surface area contributed by atoms with Crippen LogP contribution >= 0.6 is 11.3 Å². The Morgan fingerprint density at radius 3 is 2.47 bits per heavy atom. The Bertz CT molecular complexity index is 1120. The summed E-state index contributed by atoms with van der Waals surface area (Å²) < 4.78 is 0. The van der Waals surface area contributed by atoms with Gasteiger partial charge in [0.25, 0.3) is 5.91 Å². The third kappa shape index (κ3) is 4.35. The summed E-state index contributed by atoms with van der Waals surface area (Å²) in [5.74, 6) is -0.102. The monoisotopic (exact) mass is 446 g/mol. The molecule has 5 heteroatoms. The molecule has 166 valence electrons. The molecule has 1 aromatic heterocycles. The molecule has 0 N–H and O–H groups in total. The molecule has 2 amide bonds. The van der Waals surface area contributed by atoms with Crippen LogP contribution in [0, 0.1) is 13.8 Å². The maximum atomic E-state index is 13.7. The highest BCUT2D eigenvalue weighted by molar-refractivity contribution is 7.10. The second-order valence-electron chi connectivity index (χ2n) is 8.79. The molecule has 2 aromatic carbocycles. The van der Waals surface area contributed by atoms with Crippen molar-refractivity contribution in [1.82, 2.24) is 9.80 Å². The molecule has 0 spiro atoms. The molecule has 0 fully saturated rings. The summed E-state index contributed by atoms with van der Waals surface area (Å²) in [5, 5.41) is 2.11. The fourth-order valence-electron chi connectivity index (χ4n) is 4.39. The maximum Gasteiger partial charge on any atom is 0.254 e. The first-order chi connectivity index (χ1) is 15.4. The van der Waals surface area contributed by atoms with Gasteiger partial charge in [0.2, 0.25) is 5.91 Å². The summed E-state index contributed by atoms with van der Waals surface area (Å²) in [7, 11) is 0. The molecule has 4 nitrogen and oxygen atoms in total. The van der Waals surface area contributed by atoms with E-state index in [0.29, 0.717) is 12.1 Å². The Morgan fingerprint density at radius 1 is 1.06 bits per heavy atom. The van der Waals surface area contributed by atoms with Gasteiger partial charge >= 0.3 is 0 Å². The standard InChI is InChI=1S/C27H30N2O2S/c1-18(2)29(27(31)22-8-6-5-7-20(22)4)17-25(30)28-15-13-24-23(14-16-32-24)26(28)21-11-9-19(3)10-12-21/h5-12,14,16,18,26H,13,15,17H2,1-4H3. The van der Waals surface area contributed by atoms with E-state index in [1.807, 2.05) is 49.9 Å². The lowest BCUT2D eigenvalue weighted by Crippen LogP contribution is -2.48. The zero-order chi connectivity index (χ0) is 22.8. The fourth-order valence-corrected chi connectivity index (χ4v) is 5.29. The topological polar surface area (TPSA) is 40.6 Å². The van der Waals surface area contributed by atoms with E-state index < -0.39 is 0 Å². The quantitative estimate of drug-likeness (QED) is 0.527. The van der Waals surface area contributed by atoms with E-state index in [4.69, 9.17) is 0 Å². The average Bonchev–Trinajstić information content (AvgIpc) is 3.26. The second kappa shape index (κ2) is 9.29. The molecule has 3 aromatic rings. The number of rotatable bonds is 5. The van der Waals surface area contributed by atoms with Gasteiger partial charge < -0.3 is 9.80 Å². The highest BCUT2D eigenvalue weighted by atomic mass is 32.1. The Balaban J connectivity index is 1.63. The number of carbonyl (C=O) groups excluding carboxylic acids is 2. The first-order valence-electron chi connectivity index (χ1n) is 11.2. The maximum absolute atomic E-state index is 13.7. The van der Waals surface area contributed by atoms with Crippen LogP contribution in [0.1, 0.15) is 57.4 Å². The molecule has 0 saturated heterocycles. The molecule has 1 aliphatic rings. The normalized spacial score (nSPS) is 15.5. The van der Waals surface area contributed by atoms with Crippen molar-refractivity contribution in [2.45, 2.75) is 46.2 Å². The minimum Gasteiger partial charge on any atom is -0.330 e. The minimum absolute atomic E-state index is 0.0111. The number of nitrogens with zero attached hydrogens (tertiary/aromatic N) is 2. The van der Waals surface area contributed by atoms with E-state index >= 15 is 0 Å². The Hall–Kier alpha value is -2.92. The van der Waals surface area contributed by atoms with Crippen molar-refractivity contribution in [3.8, 4) is 0 Å². The Kier molecular flexibility index (Phi) is 6.47. The molecule has 1 atom stereocenters. The molecule has 1 aliphatic heterocycles. The SMILES string of the molecule is Cc1ccc(C2c3ccsc3CCN2C(=O)CN(C(=O)c2ccccc2C)C(C)C)cc1. The summed E-state index contributed by atoms with van der Waals surface area (Å²) in [5.41, 5.74) is 5.10. The Morgan fingerprint density at radius 2 is 1.78 bits per heavy atom. The van der Waals surface area contributed by atoms with Crippen LogP contribution in [-0.2, 0) is 11.2 Å². The van der Waals surface area contributed by atoms with E-state index in [2.05, 4.69) is 42.6 Å². The van der Waals surface area contributed by atoms with Gasteiger partial charge in [0, 0.05) is 23.0 Å². The van der Waals surface area contributed by atoms with E-state index in [-0.39, 0.29) is 30.4 Å². The molecule has 4 rings (SSSR count). The van der Waals surface area contributed by atoms with Crippen molar-refractivity contribution >= 4 is 23.2 Å². The van der Waals surface area contributed by atoms with Gasteiger partial charge in [0.1, 0.15) is 6.54 Å². The Labute approximate surface area is 194 Å². The first kappa shape index (κ1) is 22.3. The largest absolute Gasteiger partial charge is 0.330 e. The van der Waals surface area contributed by atoms with E-state index in [9.17, 15) is 9.59 Å². The number of hydrogen-bond acceptors (Lipinski definition) is 3. The van der Waals surface area contributed by atoms with Gasteiger partial charge in [-0.25, -0.2) is 0 Å². The van der Waals surface area contributed by atoms with Crippen LogP contribution in [0.5, 0.6) is 0 Å². The zero-order valence-corrected chi connectivity index (χ0v) is 20.0. The predicted molar refractivity (Wildman–Crippen MR) is 130 cm³/mol. The molecule has 1 unspecified atom stereocenters. The van der Waals surface area contributed by atoms with Gasteiger partial charge in [-0.1, -0.05) is 48.0 Å². The van der Waals surface area contributed by atoms with Crippen molar-refractivity contribution in [3.05, 3.63) is 92.7 Å². The molecule has 0 bridgehead atoms.